The maximum atomic E-state index is 4.65. The molecule has 0 bridgehead atoms. The van der Waals surface area contributed by atoms with Crippen molar-refractivity contribution in [2.75, 3.05) is 19.6 Å². The second kappa shape index (κ2) is 4.22. The highest BCUT2D eigenvalue weighted by Crippen LogP contribution is 2.23. The number of hydrogen-bond acceptors (Lipinski definition) is 3. The summed E-state index contributed by atoms with van der Waals surface area (Å²) in [5, 5.41) is 0. The molecule has 0 aromatic rings. The molecule has 3 nitrogen and oxygen atoms in total. The number of rotatable bonds is 2. The zero-order valence-corrected chi connectivity index (χ0v) is 10.3. The second-order valence-electron chi connectivity index (χ2n) is 5.35. The third-order valence-electron chi connectivity index (χ3n) is 3.57. The standard InChI is InChI=1S/C12H23N3/c1-9(2)12-13-7-11-8-14(10(3)4)5-6-15(11)12/h7,9-12H,5-6,8H2,1-4H3. The van der Waals surface area contributed by atoms with Gasteiger partial charge in [-0.25, -0.2) is 0 Å². The van der Waals surface area contributed by atoms with Crippen molar-refractivity contribution in [3.8, 4) is 0 Å². The van der Waals surface area contributed by atoms with E-state index in [9.17, 15) is 0 Å². The topological polar surface area (TPSA) is 18.8 Å². The van der Waals surface area contributed by atoms with Gasteiger partial charge < -0.3 is 0 Å². The molecule has 0 amide bonds. The molecule has 1 fully saturated rings. The number of aliphatic imine (C=N–C) groups is 1. The molecule has 0 spiro atoms. The van der Waals surface area contributed by atoms with E-state index in [1.165, 1.54) is 13.1 Å². The molecule has 86 valence electrons. The lowest BCUT2D eigenvalue weighted by molar-refractivity contribution is 0.0565. The Hall–Kier alpha value is -0.410. The summed E-state index contributed by atoms with van der Waals surface area (Å²) >= 11 is 0. The highest BCUT2D eigenvalue weighted by molar-refractivity contribution is 5.67. The van der Waals surface area contributed by atoms with Gasteiger partial charge in [-0.2, -0.15) is 0 Å². The van der Waals surface area contributed by atoms with Crippen molar-refractivity contribution in [3.63, 3.8) is 0 Å². The Morgan fingerprint density at radius 2 is 1.93 bits per heavy atom. The third kappa shape index (κ3) is 2.08. The van der Waals surface area contributed by atoms with Crippen LogP contribution in [-0.2, 0) is 0 Å². The van der Waals surface area contributed by atoms with Crippen LogP contribution in [0.5, 0.6) is 0 Å². The van der Waals surface area contributed by atoms with E-state index in [1.54, 1.807) is 0 Å². The summed E-state index contributed by atoms with van der Waals surface area (Å²) in [4.78, 5) is 9.76. The fraction of sp³-hybridized carbons (Fsp3) is 0.917. The van der Waals surface area contributed by atoms with Crippen LogP contribution in [0.3, 0.4) is 0 Å². The molecule has 2 aliphatic heterocycles. The Labute approximate surface area is 93.2 Å². The molecule has 2 aliphatic rings. The minimum atomic E-state index is 0.435. The van der Waals surface area contributed by atoms with Gasteiger partial charge in [-0.3, -0.25) is 14.8 Å². The number of nitrogens with zero attached hydrogens (tertiary/aromatic N) is 3. The van der Waals surface area contributed by atoms with E-state index in [1.807, 2.05) is 0 Å². The summed E-state index contributed by atoms with van der Waals surface area (Å²) in [5.74, 6) is 0.636. The van der Waals surface area contributed by atoms with Crippen LogP contribution < -0.4 is 0 Å². The van der Waals surface area contributed by atoms with Crippen LogP contribution in [0, 0.1) is 5.92 Å². The van der Waals surface area contributed by atoms with Crippen LogP contribution in [0.2, 0.25) is 0 Å². The van der Waals surface area contributed by atoms with Crippen molar-refractivity contribution in [2.45, 2.75) is 45.9 Å². The first-order valence-corrected chi connectivity index (χ1v) is 6.12. The smallest absolute Gasteiger partial charge is 0.104 e. The monoisotopic (exact) mass is 209 g/mol. The van der Waals surface area contributed by atoms with Gasteiger partial charge in [-0.1, -0.05) is 13.8 Å². The second-order valence-corrected chi connectivity index (χ2v) is 5.35. The molecule has 0 aromatic heterocycles. The lowest BCUT2D eigenvalue weighted by atomic mass is 10.1. The van der Waals surface area contributed by atoms with E-state index >= 15 is 0 Å². The first-order valence-electron chi connectivity index (χ1n) is 6.12. The summed E-state index contributed by atoms with van der Waals surface area (Å²) in [5.41, 5.74) is 0. The Morgan fingerprint density at radius 1 is 1.20 bits per heavy atom. The average molecular weight is 209 g/mol. The molecule has 2 unspecified atom stereocenters. The van der Waals surface area contributed by atoms with Crippen LogP contribution >= 0.6 is 0 Å². The van der Waals surface area contributed by atoms with Gasteiger partial charge in [0.05, 0.1) is 6.04 Å². The summed E-state index contributed by atoms with van der Waals surface area (Å²) in [6.45, 7) is 12.6. The van der Waals surface area contributed by atoms with E-state index in [2.05, 4.69) is 48.7 Å². The number of hydrogen-bond donors (Lipinski definition) is 0. The fourth-order valence-corrected chi connectivity index (χ4v) is 2.60. The van der Waals surface area contributed by atoms with Crippen LogP contribution in [0.1, 0.15) is 27.7 Å². The molecule has 0 aromatic carbocycles. The van der Waals surface area contributed by atoms with Gasteiger partial charge in [0, 0.05) is 31.9 Å². The average Bonchev–Trinajstić information content (AvgIpc) is 2.59. The van der Waals surface area contributed by atoms with Crippen LogP contribution in [-0.4, -0.2) is 53.9 Å². The molecule has 0 saturated carbocycles. The Bertz CT molecular complexity index is 247. The lowest BCUT2D eigenvalue weighted by Gasteiger charge is -2.41. The Balaban J connectivity index is 1.99. The molecular formula is C12H23N3. The zero-order chi connectivity index (χ0) is 11.0. The molecule has 0 radical (unpaired) electrons. The first-order chi connectivity index (χ1) is 7.09. The van der Waals surface area contributed by atoms with E-state index in [0.29, 0.717) is 24.2 Å². The normalized spacial score (nSPS) is 32.9. The highest BCUT2D eigenvalue weighted by atomic mass is 15.4. The maximum absolute atomic E-state index is 4.65. The predicted octanol–water partition coefficient (Wildman–Crippen LogP) is 1.45. The molecule has 3 heteroatoms. The molecular weight excluding hydrogens is 186 g/mol. The van der Waals surface area contributed by atoms with Crippen molar-refractivity contribution < 1.29 is 0 Å². The van der Waals surface area contributed by atoms with Crippen molar-refractivity contribution in [1.82, 2.24) is 9.80 Å². The largest absolute Gasteiger partial charge is 0.298 e. The molecule has 1 saturated heterocycles. The van der Waals surface area contributed by atoms with E-state index in [0.717, 1.165) is 6.54 Å². The van der Waals surface area contributed by atoms with Crippen molar-refractivity contribution >= 4 is 6.21 Å². The number of piperazine rings is 1. The lowest BCUT2D eigenvalue weighted by Crippen LogP contribution is -2.56. The Kier molecular flexibility index (Phi) is 3.12. The van der Waals surface area contributed by atoms with Crippen LogP contribution in [0.15, 0.2) is 4.99 Å². The van der Waals surface area contributed by atoms with Crippen molar-refractivity contribution in [2.24, 2.45) is 10.9 Å². The highest BCUT2D eigenvalue weighted by Gasteiger charge is 2.36. The summed E-state index contributed by atoms with van der Waals surface area (Å²) in [7, 11) is 0. The number of fused-ring (bicyclic) bond motifs is 1. The quantitative estimate of drug-likeness (QED) is 0.685. The molecule has 2 atom stereocenters. The van der Waals surface area contributed by atoms with Crippen molar-refractivity contribution in [3.05, 3.63) is 0 Å². The van der Waals surface area contributed by atoms with Gasteiger partial charge in [0.1, 0.15) is 6.17 Å². The zero-order valence-electron chi connectivity index (χ0n) is 10.3. The summed E-state index contributed by atoms with van der Waals surface area (Å²) in [6.07, 6.45) is 2.60. The van der Waals surface area contributed by atoms with Gasteiger partial charge in [0.15, 0.2) is 0 Å². The molecule has 0 N–H and O–H groups in total. The van der Waals surface area contributed by atoms with E-state index < -0.39 is 0 Å². The SMILES string of the molecule is CC(C)C1N=CC2CN(C(C)C)CCN21. The minimum Gasteiger partial charge on any atom is -0.298 e. The summed E-state index contributed by atoms with van der Waals surface area (Å²) < 4.78 is 0. The predicted molar refractivity (Wildman–Crippen MR) is 64.3 cm³/mol. The van der Waals surface area contributed by atoms with Gasteiger partial charge >= 0.3 is 0 Å². The summed E-state index contributed by atoms with van der Waals surface area (Å²) in [6, 6.07) is 1.23. The fourth-order valence-electron chi connectivity index (χ4n) is 2.60. The molecule has 0 aliphatic carbocycles. The van der Waals surface area contributed by atoms with Crippen LogP contribution in [0.25, 0.3) is 0 Å². The van der Waals surface area contributed by atoms with Crippen molar-refractivity contribution in [1.29, 1.82) is 0 Å². The van der Waals surface area contributed by atoms with Crippen LogP contribution in [0.4, 0.5) is 0 Å². The Morgan fingerprint density at radius 3 is 2.53 bits per heavy atom. The van der Waals surface area contributed by atoms with Gasteiger partial charge in [0.25, 0.3) is 0 Å². The molecule has 2 rings (SSSR count). The molecule has 15 heavy (non-hydrogen) atoms. The van der Waals surface area contributed by atoms with Gasteiger partial charge in [0.2, 0.25) is 0 Å². The van der Waals surface area contributed by atoms with E-state index in [-0.39, 0.29) is 0 Å². The third-order valence-corrected chi connectivity index (χ3v) is 3.57. The minimum absolute atomic E-state index is 0.435. The molecule has 2 heterocycles. The van der Waals surface area contributed by atoms with Gasteiger partial charge in [-0.05, 0) is 19.8 Å². The van der Waals surface area contributed by atoms with Gasteiger partial charge in [-0.15, -0.1) is 0 Å². The first kappa shape index (κ1) is 11.1. The maximum Gasteiger partial charge on any atom is 0.104 e. The van der Waals surface area contributed by atoms with E-state index in [4.69, 9.17) is 0 Å².